The van der Waals surface area contributed by atoms with Crippen molar-refractivity contribution in [2.24, 2.45) is 5.92 Å². The zero-order valence-electron chi connectivity index (χ0n) is 6.72. The van der Waals surface area contributed by atoms with Gasteiger partial charge in [0.2, 0.25) is 0 Å². The molecule has 0 aliphatic rings. The second-order valence-electron chi connectivity index (χ2n) is 2.86. The molecule has 3 nitrogen and oxygen atoms in total. The molecule has 0 fully saturated rings. The van der Waals surface area contributed by atoms with Crippen LogP contribution in [0.3, 0.4) is 0 Å². The van der Waals surface area contributed by atoms with E-state index in [1.165, 1.54) is 0 Å². The summed E-state index contributed by atoms with van der Waals surface area (Å²) in [7, 11) is 0. The van der Waals surface area contributed by atoms with Crippen LogP contribution in [0, 0.1) is 5.92 Å². The van der Waals surface area contributed by atoms with Gasteiger partial charge in [-0.3, -0.25) is 4.79 Å². The van der Waals surface area contributed by atoms with Crippen molar-refractivity contribution in [2.45, 2.75) is 26.8 Å². The van der Waals surface area contributed by atoms with Gasteiger partial charge in [0.05, 0.1) is 0 Å². The van der Waals surface area contributed by atoms with Crippen LogP contribution < -0.4 is 5.32 Å². The molecule has 60 valence electrons. The lowest BCUT2D eigenvalue weighted by atomic mass is 10.2. The average molecular weight is 145 g/mol. The average Bonchev–Trinajstić information content (AvgIpc) is 1.82. The van der Waals surface area contributed by atoms with Crippen LogP contribution in [-0.2, 0) is 4.79 Å². The van der Waals surface area contributed by atoms with Gasteiger partial charge in [0, 0.05) is 0 Å². The Bertz CT molecular complexity index is 112. The van der Waals surface area contributed by atoms with E-state index < -0.39 is 12.0 Å². The third kappa shape index (κ3) is 4.32. The van der Waals surface area contributed by atoms with Crippen molar-refractivity contribution >= 4 is 5.97 Å². The molecule has 0 unspecified atom stereocenters. The highest BCUT2D eigenvalue weighted by Gasteiger charge is 2.08. The minimum Gasteiger partial charge on any atom is -0.480 e. The Morgan fingerprint density at radius 1 is 1.50 bits per heavy atom. The summed E-state index contributed by atoms with van der Waals surface area (Å²) in [4.78, 5) is 10.2. The van der Waals surface area contributed by atoms with Crippen LogP contribution >= 0.6 is 0 Å². The van der Waals surface area contributed by atoms with E-state index >= 15 is 0 Å². The lowest BCUT2D eigenvalue weighted by molar-refractivity contribution is -0.139. The van der Waals surface area contributed by atoms with E-state index in [9.17, 15) is 4.79 Å². The molecule has 1 atom stereocenters. The van der Waals surface area contributed by atoms with Crippen LogP contribution in [0.2, 0.25) is 0 Å². The van der Waals surface area contributed by atoms with E-state index in [-0.39, 0.29) is 0 Å². The SMILES string of the molecule is CC(C)CN[C@@H](C)C(=O)O. The zero-order valence-corrected chi connectivity index (χ0v) is 6.72. The fourth-order valence-electron chi connectivity index (χ4n) is 0.500. The van der Waals surface area contributed by atoms with Crippen LogP contribution in [0.1, 0.15) is 20.8 Å². The van der Waals surface area contributed by atoms with Gasteiger partial charge in [-0.25, -0.2) is 0 Å². The molecule has 0 bridgehead atoms. The fourth-order valence-corrected chi connectivity index (χ4v) is 0.500. The summed E-state index contributed by atoms with van der Waals surface area (Å²) >= 11 is 0. The van der Waals surface area contributed by atoms with Crippen molar-refractivity contribution < 1.29 is 9.90 Å². The molecular formula is C7H15NO2. The van der Waals surface area contributed by atoms with Crippen LogP contribution in [0.25, 0.3) is 0 Å². The maximum absolute atomic E-state index is 10.2. The van der Waals surface area contributed by atoms with Crippen LogP contribution in [0.15, 0.2) is 0 Å². The quantitative estimate of drug-likeness (QED) is 0.612. The maximum Gasteiger partial charge on any atom is 0.320 e. The molecule has 0 aromatic rings. The Kier molecular flexibility index (Phi) is 4.03. The monoisotopic (exact) mass is 145 g/mol. The van der Waals surface area contributed by atoms with Gasteiger partial charge in [-0.15, -0.1) is 0 Å². The number of carbonyl (C=O) groups is 1. The standard InChI is InChI=1S/C7H15NO2/c1-5(2)4-8-6(3)7(9)10/h5-6,8H,4H2,1-3H3,(H,9,10)/t6-/m0/s1. The lowest BCUT2D eigenvalue weighted by Crippen LogP contribution is -2.35. The number of carboxylic acids is 1. The van der Waals surface area contributed by atoms with Crippen molar-refractivity contribution in [3.63, 3.8) is 0 Å². The molecule has 3 heteroatoms. The summed E-state index contributed by atoms with van der Waals surface area (Å²) < 4.78 is 0. The van der Waals surface area contributed by atoms with E-state index in [0.29, 0.717) is 5.92 Å². The highest BCUT2D eigenvalue weighted by molar-refractivity contribution is 5.72. The van der Waals surface area contributed by atoms with Gasteiger partial charge >= 0.3 is 5.97 Å². The minimum absolute atomic E-state index is 0.428. The predicted octanol–water partition coefficient (Wildman–Crippen LogP) is 0.705. The first-order valence-corrected chi connectivity index (χ1v) is 3.50. The minimum atomic E-state index is -0.791. The first-order valence-electron chi connectivity index (χ1n) is 3.50. The van der Waals surface area contributed by atoms with Gasteiger partial charge in [-0.2, -0.15) is 0 Å². The van der Waals surface area contributed by atoms with Crippen molar-refractivity contribution in [2.75, 3.05) is 6.54 Å². The molecule has 0 aliphatic carbocycles. The van der Waals surface area contributed by atoms with Crippen LogP contribution in [0.4, 0.5) is 0 Å². The van der Waals surface area contributed by atoms with Gasteiger partial charge in [-0.05, 0) is 19.4 Å². The normalized spacial score (nSPS) is 13.6. The molecule has 0 spiro atoms. The number of rotatable bonds is 4. The van der Waals surface area contributed by atoms with E-state index in [0.717, 1.165) is 6.54 Å². The Morgan fingerprint density at radius 2 is 2.00 bits per heavy atom. The molecule has 0 aliphatic heterocycles. The van der Waals surface area contributed by atoms with Crippen molar-refractivity contribution in [3.8, 4) is 0 Å². The van der Waals surface area contributed by atoms with Gasteiger partial charge in [0.1, 0.15) is 6.04 Å². The smallest absolute Gasteiger partial charge is 0.320 e. The summed E-state index contributed by atoms with van der Waals surface area (Å²) in [5, 5.41) is 11.3. The topological polar surface area (TPSA) is 49.3 Å². The second-order valence-corrected chi connectivity index (χ2v) is 2.86. The van der Waals surface area contributed by atoms with Crippen molar-refractivity contribution in [1.29, 1.82) is 0 Å². The zero-order chi connectivity index (χ0) is 8.15. The molecule has 10 heavy (non-hydrogen) atoms. The molecular weight excluding hydrogens is 130 g/mol. The number of hydrogen-bond donors (Lipinski definition) is 2. The van der Waals surface area contributed by atoms with Gasteiger partial charge < -0.3 is 10.4 Å². The van der Waals surface area contributed by atoms with Crippen LogP contribution in [-0.4, -0.2) is 23.7 Å². The van der Waals surface area contributed by atoms with Crippen molar-refractivity contribution in [1.82, 2.24) is 5.32 Å². The van der Waals surface area contributed by atoms with E-state index in [2.05, 4.69) is 5.32 Å². The predicted molar refractivity (Wildman–Crippen MR) is 39.9 cm³/mol. The first kappa shape index (κ1) is 9.43. The summed E-state index contributed by atoms with van der Waals surface area (Å²) in [5.74, 6) is -0.289. The summed E-state index contributed by atoms with van der Waals surface area (Å²) in [6, 6.07) is -0.428. The molecule has 0 aromatic carbocycles. The fraction of sp³-hybridized carbons (Fsp3) is 0.857. The van der Waals surface area contributed by atoms with E-state index in [4.69, 9.17) is 5.11 Å². The molecule has 2 N–H and O–H groups in total. The first-order chi connectivity index (χ1) is 4.54. The Morgan fingerprint density at radius 3 is 2.30 bits per heavy atom. The number of hydrogen-bond acceptors (Lipinski definition) is 2. The molecule has 0 radical (unpaired) electrons. The molecule has 0 heterocycles. The highest BCUT2D eigenvalue weighted by Crippen LogP contribution is 1.89. The molecule has 0 saturated heterocycles. The second kappa shape index (κ2) is 4.28. The Hall–Kier alpha value is -0.570. The van der Waals surface area contributed by atoms with Gasteiger partial charge in [0.25, 0.3) is 0 Å². The summed E-state index contributed by atoms with van der Waals surface area (Å²) in [5.41, 5.74) is 0. The highest BCUT2D eigenvalue weighted by atomic mass is 16.4. The molecule has 0 saturated carbocycles. The summed E-state index contributed by atoms with van der Waals surface area (Å²) in [6.45, 7) is 6.49. The maximum atomic E-state index is 10.2. The number of carboxylic acid groups (broad SMARTS) is 1. The van der Waals surface area contributed by atoms with Crippen molar-refractivity contribution in [3.05, 3.63) is 0 Å². The third-order valence-electron chi connectivity index (χ3n) is 1.20. The van der Waals surface area contributed by atoms with E-state index in [1.54, 1.807) is 6.92 Å². The third-order valence-corrected chi connectivity index (χ3v) is 1.20. The molecule has 0 rings (SSSR count). The van der Waals surface area contributed by atoms with Gasteiger partial charge in [0.15, 0.2) is 0 Å². The van der Waals surface area contributed by atoms with Gasteiger partial charge in [-0.1, -0.05) is 13.8 Å². The Balaban J connectivity index is 3.40. The number of nitrogens with one attached hydrogen (secondary N) is 1. The number of aliphatic carboxylic acids is 1. The Labute approximate surface area is 61.4 Å². The van der Waals surface area contributed by atoms with Crippen LogP contribution in [0.5, 0.6) is 0 Å². The summed E-state index contributed by atoms with van der Waals surface area (Å²) in [6.07, 6.45) is 0. The lowest BCUT2D eigenvalue weighted by Gasteiger charge is -2.10. The molecule has 0 amide bonds. The van der Waals surface area contributed by atoms with E-state index in [1.807, 2.05) is 13.8 Å². The largest absolute Gasteiger partial charge is 0.480 e. The molecule has 0 aromatic heterocycles.